The molecule has 0 aliphatic carbocycles. The summed E-state index contributed by atoms with van der Waals surface area (Å²) in [6.07, 6.45) is 0.511. The van der Waals surface area contributed by atoms with Crippen molar-refractivity contribution in [3.8, 4) is 17.0 Å². The van der Waals surface area contributed by atoms with E-state index in [-0.39, 0.29) is 22.7 Å². The first kappa shape index (κ1) is 23.0. The number of nitrogens with zero attached hydrogens (tertiary/aromatic N) is 2. The van der Waals surface area contributed by atoms with Gasteiger partial charge in [-0.3, -0.25) is 19.4 Å². The summed E-state index contributed by atoms with van der Waals surface area (Å²) in [5.74, 6) is 0.143. The number of thioether (sulfide) groups is 1. The van der Waals surface area contributed by atoms with E-state index in [9.17, 15) is 14.4 Å². The fourth-order valence-electron chi connectivity index (χ4n) is 2.92. The van der Waals surface area contributed by atoms with E-state index in [1.54, 1.807) is 55.6 Å². The summed E-state index contributed by atoms with van der Waals surface area (Å²) in [5, 5.41) is 13.4. The number of carbonyl (C=O) groups excluding carboxylic acids is 2. The maximum absolute atomic E-state index is 12.7. The molecule has 0 radical (unpaired) electrons. The largest absolute Gasteiger partial charge is 0.497 e. The van der Waals surface area contributed by atoms with E-state index in [1.165, 1.54) is 6.92 Å². The highest BCUT2D eigenvalue weighted by atomic mass is 32.2. The standard InChI is InChI=1S/C22H23N5O4S/c1-4-18(20(29)24-14-8-7-9-15(12-14)31-3)32-22-25-21(30)19(26-27-22)16-10-5-6-11-17(16)23-13(2)28/h5-12,18H,4H2,1-3H3,(H,23,28)(H,24,29)(H,25,27,30)/t18-/m1/s1. The number of H-pyrrole nitrogens is 1. The molecule has 0 fully saturated rings. The van der Waals surface area contributed by atoms with Crippen molar-refractivity contribution in [1.82, 2.24) is 15.2 Å². The number of aromatic nitrogens is 3. The van der Waals surface area contributed by atoms with Crippen molar-refractivity contribution in [2.45, 2.75) is 30.7 Å². The van der Waals surface area contributed by atoms with Gasteiger partial charge in [-0.2, -0.15) is 0 Å². The first-order chi connectivity index (χ1) is 15.4. The number of nitrogens with one attached hydrogen (secondary N) is 3. The van der Waals surface area contributed by atoms with Gasteiger partial charge in [-0.25, -0.2) is 0 Å². The topological polar surface area (TPSA) is 126 Å². The molecule has 2 amide bonds. The molecule has 0 aliphatic heterocycles. The zero-order valence-corrected chi connectivity index (χ0v) is 18.7. The smallest absolute Gasteiger partial charge is 0.278 e. The van der Waals surface area contributed by atoms with Crippen LogP contribution in [0.4, 0.5) is 11.4 Å². The van der Waals surface area contributed by atoms with Crippen molar-refractivity contribution in [2.24, 2.45) is 0 Å². The molecule has 2 aromatic carbocycles. The van der Waals surface area contributed by atoms with E-state index >= 15 is 0 Å². The molecular formula is C22H23N5O4S. The molecule has 0 saturated carbocycles. The lowest BCUT2D eigenvalue weighted by molar-refractivity contribution is -0.116. The van der Waals surface area contributed by atoms with Crippen molar-refractivity contribution in [3.63, 3.8) is 0 Å². The van der Waals surface area contributed by atoms with Crippen molar-refractivity contribution >= 4 is 35.0 Å². The molecule has 0 aliphatic rings. The molecule has 9 nitrogen and oxygen atoms in total. The van der Waals surface area contributed by atoms with Gasteiger partial charge in [-0.05, 0) is 24.6 Å². The van der Waals surface area contributed by atoms with Gasteiger partial charge in [-0.1, -0.05) is 43.0 Å². The minimum Gasteiger partial charge on any atom is -0.497 e. The Morgan fingerprint density at radius 2 is 1.91 bits per heavy atom. The third-order valence-electron chi connectivity index (χ3n) is 4.42. The van der Waals surface area contributed by atoms with Crippen molar-refractivity contribution in [3.05, 3.63) is 58.9 Å². The van der Waals surface area contributed by atoms with Crippen LogP contribution < -0.4 is 20.9 Å². The van der Waals surface area contributed by atoms with Crippen LogP contribution in [0.25, 0.3) is 11.3 Å². The molecule has 1 aromatic heterocycles. The van der Waals surface area contributed by atoms with Crippen LogP contribution in [0.1, 0.15) is 20.3 Å². The molecule has 1 heterocycles. The minimum absolute atomic E-state index is 0.0765. The van der Waals surface area contributed by atoms with Gasteiger partial charge < -0.3 is 15.4 Å². The Hall–Kier alpha value is -3.66. The number of aromatic amines is 1. The van der Waals surface area contributed by atoms with E-state index in [1.807, 2.05) is 6.92 Å². The highest BCUT2D eigenvalue weighted by molar-refractivity contribution is 8.00. The van der Waals surface area contributed by atoms with Gasteiger partial charge in [0.1, 0.15) is 5.75 Å². The van der Waals surface area contributed by atoms with E-state index < -0.39 is 10.8 Å². The number of para-hydroxylation sites is 1. The first-order valence-corrected chi connectivity index (χ1v) is 10.7. The number of ether oxygens (including phenoxy) is 1. The molecule has 32 heavy (non-hydrogen) atoms. The fraction of sp³-hybridized carbons (Fsp3) is 0.227. The number of methoxy groups -OCH3 is 1. The molecule has 3 rings (SSSR count). The summed E-state index contributed by atoms with van der Waals surface area (Å²) in [6.45, 7) is 3.25. The number of amides is 2. The maximum Gasteiger partial charge on any atom is 0.278 e. The Bertz CT molecular complexity index is 1180. The van der Waals surface area contributed by atoms with Crippen molar-refractivity contribution in [1.29, 1.82) is 0 Å². The fourth-order valence-corrected chi connectivity index (χ4v) is 3.76. The summed E-state index contributed by atoms with van der Waals surface area (Å²) in [5.41, 5.74) is 1.13. The Morgan fingerprint density at radius 1 is 1.12 bits per heavy atom. The number of carbonyl (C=O) groups is 2. The van der Waals surface area contributed by atoms with E-state index in [0.29, 0.717) is 29.1 Å². The maximum atomic E-state index is 12.7. The predicted molar refractivity (Wildman–Crippen MR) is 124 cm³/mol. The summed E-state index contributed by atoms with van der Waals surface area (Å²) in [4.78, 5) is 39.5. The number of rotatable bonds is 8. The summed E-state index contributed by atoms with van der Waals surface area (Å²) < 4.78 is 5.17. The number of hydrogen-bond acceptors (Lipinski definition) is 7. The van der Waals surface area contributed by atoms with Crippen molar-refractivity contribution in [2.75, 3.05) is 17.7 Å². The lowest BCUT2D eigenvalue weighted by Crippen LogP contribution is -2.25. The lowest BCUT2D eigenvalue weighted by atomic mass is 10.1. The molecular weight excluding hydrogens is 430 g/mol. The van der Waals surface area contributed by atoms with Crippen LogP contribution in [0.15, 0.2) is 58.5 Å². The van der Waals surface area contributed by atoms with Crippen LogP contribution in [0, 0.1) is 0 Å². The van der Waals surface area contributed by atoms with E-state index in [4.69, 9.17) is 4.74 Å². The normalized spacial score (nSPS) is 11.5. The first-order valence-electron chi connectivity index (χ1n) is 9.86. The second kappa shape index (κ2) is 10.6. The van der Waals surface area contributed by atoms with E-state index in [0.717, 1.165) is 11.8 Å². The van der Waals surface area contributed by atoms with Gasteiger partial charge in [0, 0.05) is 24.2 Å². The Kier molecular flexibility index (Phi) is 7.61. The molecule has 10 heteroatoms. The second-order valence-electron chi connectivity index (χ2n) is 6.77. The summed E-state index contributed by atoms with van der Waals surface area (Å²) in [6, 6.07) is 13.9. The van der Waals surface area contributed by atoms with Gasteiger partial charge in [0.15, 0.2) is 10.9 Å². The quantitative estimate of drug-likeness (QED) is 0.447. The van der Waals surface area contributed by atoms with E-state index in [2.05, 4.69) is 25.8 Å². The monoisotopic (exact) mass is 453 g/mol. The Balaban J connectivity index is 1.77. The summed E-state index contributed by atoms with van der Waals surface area (Å²) in [7, 11) is 1.55. The third-order valence-corrected chi connectivity index (χ3v) is 5.66. The highest BCUT2D eigenvalue weighted by Gasteiger charge is 2.21. The van der Waals surface area contributed by atoms with Crippen molar-refractivity contribution < 1.29 is 14.3 Å². The van der Waals surface area contributed by atoms with Crippen LogP contribution in [0.3, 0.4) is 0 Å². The molecule has 3 N–H and O–H groups in total. The Labute approximate surface area is 189 Å². The lowest BCUT2D eigenvalue weighted by Gasteiger charge is -2.14. The molecule has 0 unspecified atom stereocenters. The summed E-state index contributed by atoms with van der Waals surface area (Å²) >= 11 is 1.12. The third kappa shape index (κ3) is 5.73. The predicted octanol–water partition coefficient (Wildman–Crippen LogP) is 3.31. The van der Waals surface area contributed by atoms with Crippen LogP contribution in [-0.4, -0.2) is 39.4 Å². The number of benzene rings is 2. The van der Waals surface area contributed by atoms with Gasteiger partial charge in [0.2, 0.25) is 11.8 Å². The van der Waals surface area contributed by atoms with Crippen LogP contribution in [-0.2, 0) is 9.59 Å². The molecule has 166 valence electrons. The zero-order chi connectivity index (χ0) is 23.1. The number of anilines is 2. The minimum atomic E-state index is -0.497. The van der Waals surface area contributed by atoms with Gasteiger partial charge in [0.25, 0.3) is 5.56 Å². The van der Waals surface area contributed by atoms with Gasteiger partial charge in [0.05, 0.1) is 18.0 Å². The van der Waals surface area contributed by atoms with Crippen LogP contribution in [0.5, 0.6) is 5.75 Å². The van der Waals surface area contributed by atoms with Gasteiger partial charge >= 0.3 is 0 Å². The zero-order valence-electron chi connectivity index (χ0n) is 17.8. The molecule has 0 spiro atoms. The van der Waals surface area contributed by atoms with Crippen LogP contribution >= 0.6 is 11.8 Å². The average molecular weight is 454 g/mol. The Morgan fingerprint density at radius 3 is 2.59 bits per heavy atom. The van der Waals surface area contributed by atoms with Gasteiger partial charge in [-0.15, -0.1) is 10.2 Å². The number of hydrogen-bond donors (Lipinski definition) is 3. The molecule has 1 atom stereocenters. The van der Waals surface area contributed by atoms with Crippen LogP contribution in [0.2, 0.25) is 0 Å². The SMILES string of the molecule is CC[C@@H](Sc1nnc(-c2ccccc2NC(C)=O)c(=O)[nH]1)C(=O)Nc1cccc(OC)c1. The second-order valence-corrected chi connectivity index (χ2v) is 7.96. The molecule has 0 bridgehead atoms. The highest BCUT2D eigenvalue weighted by Crippen LogP contribution is 2.26. The molecule has 0 saturated heterocycles. The molecule has 3 aromatic rings. The average Bonchev–Trinajstić information content (AvgIpc) is 2.78.